The molecule has 0 aliphatic rings. The third-order valence-corrected chi connectivity index (χ3v) is 3.83. The Morgan fingerprint density at radius 1 is 1.16 bits per heavy atom. The van der Waals surface area contributed by atoms with E-state index in [1.165, 1.54) is 0 Å². The first-order chi connectivity index (χ1) is 12.2. The highest BCUT2D eigenvalue weighted by atomic mass is 35.5. The molecule has 3 N–H and O–H groups in total. The van der Waals surface area contributed by atoms with Gasteiger partial charge in [0.25, 0.3) is 5.91 Å². The van der Waals surface area contributed by atoms with Gasteiger partial charge >= 0.3 is 0 Å². The zero-order valence-corrected chi connectivity index (χ0v) is 14.2. The van der Waals surface area contributed by atoms with E-state index >= 15 is 0 Å². The molecular formula is C17H16ClN5O2. The van der Waals surface area contributed by atoms with Crippen LogP contribution >= 0.6 is 11.6 Å². The molecule has 0 spiro atoms. The first-order valence-corrected chi connectivity index (χ1v) is 7.88. The van der Waals surface area contributed by atoms with Crippen LogP contribution < -0.4 is 15.4 Å². The molecule has 0 aliphatic carbocycles. The Kier molecular flexibility index (Phi) is 5.15. The van der Waals surface area contributed by atoms with E-state index in [0.717, 1.165) is 11.3 Å². The zero-order valence-electron chi connectivity index (χ0n) is 13.4. The van der Waals surface area contributed by atoms with Crippen LogP contribution in [0.15, 0.2) is 48.5 Å². The average molecular weight is 358 g/mol. The van der Waals surface area contributed by atoms with Gasteiger partial charge in [-0.25, -0.2) is 0 Å². The van der Waals surface area contributed by atoms with E-state index in [1.807, 2.05) is 36.4 Å². The van der Waals surface area contributed by atoms with Gasteiger partial charge in [-0.2, -0.15) is 5.21 Å². The van der Waals surface area contributed by atoms with Gasteiger partial charge < -0.3 is 15.4 Å². The summed E-state index contributed by atoms with van der Waals surface area (Å²) in [5, 5.41) is 16.7. The molecule has 0 bridgehead atoms. The number of methoxy groups -OCH3 is 1. The maximum Gasteiger partial charge on any atom is 0.275 e. The van der Waals surface area contributed by atoms with Crippen LogP contribution in [0, 0.1) is 0 Å². The minimum atomic E-state index is -0.348. The van der Waals surface area contributed by atoms with E-state index < -0.39 is 0 Å². The van der Waals surface area contributed by atoms with Crippen molar-refractivity contribution in [3.05, 3.63) is 64.8 Å². The second-order valence-corrected chi connectivity index (χ2v) is 5.56. The Morgan fingerprint density at radius 2 is 1.92 bits per heavy atom. The highest BCUT2D eigenvalue weighted by Gasteiger charge is 2.17. The molecule has 0 saturated heterocycles. The summed E-state index contributed by atoms with van der Waals surface area (Å²) in [5.74, 6) is 0.720. The Bertz CT molecular complexity index is 863. The number of halogens is 1. The fourth-order valence-electron chi connectivity index (χ4n) is 2.18. The third-order valence-electron chi connectivity index (χ3n) is 3.50. The lowest BCUT2D eigenvalue weighted by molar-refractivity contribution is 0.0946. The number of hydrogen-bond donors (Lipinski definition) is 3. The van der Waals surface area contributed by atoms with Gasteiger partial charge in [-0.15, -0.1) is 10.2 Å². The topological polar surface area (TPSA) is 91.9 Å². The number of aromatic amines is 1. The van der Waals surface area contributed by atoms with Crippen LogP contribution in [0.2, 0.25) is 5.02 Å². The highest BCUT2D eigenvalue weighted by molar-refractivity contribution is 6.33. The molecule has 25 heavy (non-hydrogen) atoms. The summed E-state index contributed by atoms with van der Waals surface area (Å²) in [6, 6.07) is 14.6. The number of nitrogens with one attached hydrogen (secondary N) is 3. The van der Waals surface area contributed by atoms with Crippen LogP contribution in [0.4, 0.5) is 11.5 Å². The lowest BCUT2D eigenvalue weighted by Crippen LogP contribution is -2.24. The number of aromatic nitrogens is 3. The molecule has 0 unspecified atom stereocenters. The van der Waals surface area contributed by atoms with Crippen molar-refractivity contribution in [3.63, 3.8) is 0 Å². The van der Waals surface area contributed by atoms with Crippen molar-refractivity contribution in [2.75, 3.05) is 12.4 Å². The Hall–Kier alpha value is -3.06. The molecule has 0 fully saturated rings. The lowest BCUT2D eigenvalue weighted by atomic mass is 10.2. The predicted molar refractivity (Wildman–Crippen MR) is 95.3 cm³/mol. The van der Waals surface area contributed by atoms with Crippen LogP contribution in [0.25, 0.3) is 0 Å². The van der Waals surface area contributed by atoms with Crippen molar-refractivity contribution in [2.45, 2.75) is 6.54 Å². The summed E-state index contributed by atoms with van der Waals surface area (Å²) in [6.07, 6.45) is 0. The number of para-hydroxylation sites is 1. The standard InChI is InChI=1S/C17H16ClN5O2/c1-25-12-8-6-11(7-9-12)10-19-17(24)15-16(22-23-21-15)20-14-5-3-2-4-13(14)18/h2-9H,10H2,1H3,(H,19,24)(H2,20,21,22,23). The minimum Gasteiger partial charge on any atom is -0.497 e. The number of anilines is 2. The third kappa shape index (κ3) is 4.07. The van der Waals surface area contributed by atoms with Gasteiger partial charge in [0, 0.05) is 6.54 Å². The molecule has 7 nitrogen and oxygen atoms in total. The summed E-state index contributed by atoms with van der Waals surface area (Å²) in [7, 11) is 1.61. The number of carbonyl (C=O) groups is 1. The normalized spacial score (nSPS) is 10.3. The van der Waals surface area contributed by atoms with E-state index in [-0.39, 0.29) is 11.6 Å². The van der Waals surface area contributed by atoms with Crippen molar-refractivity contribution < 1.29 is 9.53 Å². The number of rotatable bonds is 6. The number of H-pyrrole nitrogens is 1. The van der Waals surface area contributed by atoms with Crippen LogP contribution in [-0.2, 0) is 6.54 Å². The van der Waals surface area contributed by atoms with E-state index in [9.17, 15) is 4.79 Å². The van der Waals surface area contributed by atoms with Crippen molar-refractivity contribution in [1.82, 2.24) is 20.7 Å². The number of nitrogens with zero attached hydrogens (tertiary/aromatic N) is 2. The number of ether oxygens (including phenoxy) is 1. The molecule has 3 rings (SSSR count). The van der Waals surface area contributed by atoms with E-state index in [0.29, 0.717) is 23.1 Å². The maximum atomic E-state index is 12.4. The van der Waals surface area contributed by atoms with E-state index in [4.69, 9.17) is 16.3 Å². The molecule has 8 heteroatoms. The zero-order chi connectivity index (χ0) is 17.6. The average Bonchev–Trinajstić information content (AvgIpc) is 3.10. The highest BCUT2D eigenvalue weighted by Crippen LogP contribution is 2.24. The van der Waals surface area contributed by atoms with Crippen LogP contribution in [0.1, 0.15) is 16.1 Å². The monoisotopic (exact) mass is 357 g/mol. The Balaban J connectivity index is 1.66. The molecule has 1 amide bonds. The van der Waals surface area contributed by atoms with Crippen LogP contribution in [-0.4, -0.2) is 28.4 Å². The molecule has 0 atom stereocenters. The van der Waals surface area contributed by atoms with E-state index in [1.54, 1.807) is 19.2 Å². The van der Waals surface area contributed by atoms with Gasteiger partial charge in [0.1, 0.15) is 5.75 Å². The van der Waals surface area contributed by atoms with Gasteiger partial charge in [0.2, 0.25) is 0 Å². The molecule has 0 radical (unpaired) electrons. The second-order valence-electron chi connectivity index (χ2n) is 5.16. The molecule has 0 saturated carbocycles. The predicted octanol–water partition coefficient (Wildman–Crippen LogP) is 3.14. The minimum absolute atomic E-state index is 0.161. The Labute approximate surface area is 149 Å². The molecule has 0 aliphatic heterocycles. The molecule has 128 valence electrons. The summed E-state index contributed by atoms with van der Waals surface area (Å²) < 4.78 is 5.11. The van der Waals surface area contributed by atoms with Gasteiger partial charge in [-0.05, 0) is 29.8 Å². The molecule has 3 aromatic rings. The summed E-state index contributed by atoms with van der Waals surface area (Å²) in [4.78, 5) is 12.4. The van der Waals surface area contributed by atoms with Crippen LogP contribution in [0.3, 0.4) is 0 Å². The summed E-state index contributed by atoms with van der Waals surface area (Å²) in [5.41, 5.74) is 1.74. The summed E-state index contributed by atoms with van der Waals surface area (Å²) >= 11 is 6.11. The lowest BCUT2D eigenvalue weighted by Gasteiger charge is -2.08. The molecular weight excluding hydrogens is 342 g/mol. The number of carbonyl (C=O) groups excluding carboxylic acids is 1. The number of hydrogen-bond acceptors (Lipinski definition) is 5. The molecule has 1 heterocycles. The van der Waals surface area contributed by atoms with Gasteiger partial charge in [0.15, 0.2) is 11.5 Å². The second kappa shape index (κ2) is 7.67. The Morgan fingerprint density at radius 3 is 2.64 bits per heavy atom. The van der Waals surface area contributed by atoms with E-state index in [2.05, 4.69) is 26.0 Å². The quantitative estimate of drug-likeness (QED) is 0.630. The van der Waals surface area contributed by atoms with Gasteiger partial charge in [-0.3, -0.25) is 4.79 Å². The van der Waals surface area contributed by atoms with Crippen molar-refractivity contribution in [1.29, 1.82) is 0 Å². The van der Waals surface area contributed by atoms with Crippen molar-refractivity contribution >= 4 is 29.0 Å². The van der Waals surface area contributed by atoms with Crippen LogP contribution in [0.5, 0.6) is 5.75 Å². The fourth-order valence-corrected chi connectivity index (χ4v) is 2.36. The SMILES string of the molecule is COc1ccc(CNC(=O)c2n[nH]nc2Nc2ccccc2Cl)cc1. The van der Waals surface area contributed by atoms with Crippen molar-refractivity contribution in [3.8, 4) is 5.75 Å². The van der Waals surface area contributed by atoms with Gasteiger partial charge in [-0.1, -0.05) is 35.9 Å². The maximum absolute atomic E-state index is 12.4. The number of amides is 1. The first kappa shape index (κ1) is 16.8. The molecule has 1 aromatic heterocycles. The van der Waals surface area contributed by atoms with Gasteiger partial charge in [0.05, 0.1) is 17.8 Å². The first-order valence-electron chi connectivity index (χ1n) is 7.51. The summed E-state index contributed by atoms with van der Waals surface area (Å²) in [6.45, 7) is 0.362. The number of benzene rings is 2. The van der Waals surface area contributed by atoms with Crippen molar-refractivity contribution in [2.24, 2.45) is 0 Å². The fraction of sp³-hybridized carbons (Fsp3) is 0.118. The molecule has 2 aromatic carbocycles. The largest absolute Gasteiger partial charge is 0.497 e. The smallest absolute Gasteiger partial charge is 0.275 e.